The van der Waals surface area contributed by atoms with E-state index in [-0.39, 0.29) is 16.4 Å². The highest BCUT2D eigenvalue weighted by Crippen LogP contribution is 2.26. The Labute approximate surface area is 149 Å². The Bertz CT molecular complexity index is 875. The van der Waals surface area contributed by atoms with E-state index in [0.29, 0.717) is 5.02 Å². The molecule has 0 unspecified atom stereocenters. The lowest BCUT2D eigenvalue weighted by molar-refractivity contribution is -0.114. The number of amides is 1. The first-order chi connectivity index (χ1) is 11.2. The van der Waals surface area contributed by atoms with Gasteiger partial charge in [0.1, 0.15) is 12.4 Å². The van der Waals surface area contributed by atoms with Crippen LogP contribution in [0.4, 0.5) is 15.8 Å². The number of nitrogens with one attached hydrogen (secondary N) is 1. The molecule has 0 bridgehead atoms. The average molecular weight is 391 g/mol. The summed E-state index contributed by atoms with van der Waals surface area (Å²) < 4.78 is 38.0. The van der Waals surface area contributed by atoms with Gasteiger partial charge in [0.05, 0.1) is 22.7 Å². The second-order valence-corrected chi connectivity index (χ2v) is 7.67. The molecule has 9 heteroatoms. The molecule has 0 atom stereocenters. The zero-order valence-corrected chi connectivity index (χ0v) is 14.8. The minimum atomic E-state index is -3.79. The molecule has 128 valence electrons. The molecule has 0 aliphatic carbocycles. The number of hydrogen-bond acceptors (Lipinski definition) is 3. The maximum Gasteiger partial charge on any atom is 0.245 e. The molecule has 1 N–H and O–H groups in total. The standard InChI is InChI=1S/C15H13Cl2FN2O3S/c1-24(22,23)20(12-4-2-3-11(18)8-12)9-15(21)19-14-7-10(16)5-6-13(14)17/h2-8H,9H2,1H3,(H,19,21). The summed E-state index contributed by atoms with van der Waals surface area (Å²) in [6, 6.07) is 9.44. The van der Waals surface area contributed by atoms with Gasteiger partial charge in [0.25, 0.3) is 0 Å². The van der Waals surface area contributed by atoms with Crippen LogP contribution in [0.1, 0.15) is 0 Å². The van der Waals surface area contributed by atoms with Gasteiger partial charge in [-0.2, -0.15) is 0 Å². The van der Waals surface area contributed by atoms with E-state index in [1.807, 2.05) is 0 Å². The van der Waals surface area contributed by atoms with Gasteiger partial charge in [0.15, 0.2) is 0 Å². The lowest BCUT2D eigenvalue weighted by Gasteiger charge is -2.22. The van der Waals surface area contributed by atoms with Crippen LogP contribution in [-0.4, -0.2) is 27.1 Å². The summed E-state index contributed by atoms with van der Waals surface area (Å²) in [5.41, 5.74) is 0.298. The van der Waals surface area contributed by atoms with Crippen LogP contribution in [0.25, 0.3) is 0 Å². The van der Waals surface area contributed by atoms with Crippen molar-refractivity contribution in [3.05, 3.63) is 58.3 Å². The van der Waals surface area contributed by atoms with Gasteiger partial charge in [-0.3, -0.25) is 9.10 Å². The Morgan fingerprint density at radius 2 is 1.92 bits per heavy atom. The second kappa shape index (κ2) is 7.38. The molecule has 2 rings (SSSR count). The van der Waals surface area contributed by atoms with Crippen molar-refractivity contribution in [1.29, 1.82) is 0 Å². The van der Waals surface area contributed by atoms with Crippen LogP contribution in [0.15, 0.2) is 42.5 Å². The number of sulfonamides is 1. The highest BCUT2D eigenvalue weighted by Gasteiger charge is 2.21. The highest BCUT2D eigenvalue weighted by molar-refractivity contribution is 7.92. The monoisotopic (exact) mass is 390 g/mol. The predicted molar refractivity (Wildman–Crippen MR) is 93.7 cm³/mol. The topological polar surface area (TPSA) is 66.5 Å². The van der Waals surface area contributed by atoms with Gasteiger partial charge in [0, 0.05) is 5.02 Å². The number of halogens is 3. The predicted octanol–water partition coefficient (Wildman–Crippen LogP) is 3.54. The van der Waals surface area contributed by atoms with E-state index < -0.39 is 28.3 Å². The third-order valence-corrected chi connectivity index (χ3v) is 4.69. The summed E-state index contributed by atoms with van der Waals surface area (Å²) in [7, 11) is -3.79. The van der Waals surface area contributed by atoms with E-state index >= 15 is 0 Å². The summed E-state index contributed by atoms with van der Waals surface area (Å²) in [5, 5.41) is 3.10. The normalized spacial score (nSPS) is 11.2. The number of carbonyl (C=O) groups is 1. The number of benzene rings is 2. The molecule has 24 heavy (non-hydrogen) atoms. The number of rotatable bonds is 5. The average Bonchev–Trinajstić information content (AvgIpc) is 2.47. The largest absolute Gasteiger partial charge is 0.323 e. The number of carbonyl (C=O) groups excluding carboxylic acids is 1. The van der Waals surface area contributed by atoms with Gasteiger partial charge in [-0.15, -0.1) is 0 Å². The Balaban J connectivity index is 2.24. The molecule has 2 aromatic rings. The summed E-state index contributed by atoms with van der Waals surface area (Å²) in [6.45, 7) is -0.537. The van der Waals surface area contributed by atoms with E-state index in [4.69, 9.17) is 23.2 Å². The second-order valence-electron chi connectivity index (χ2n) is 4.92. The molecule has 0 aliphatic rings. The fourth-order valence-corrected chi connectivity index (χ4v) is 3.13. The van der Waals surface area contributed by atoms with E-state index in [9.17, 15) is 17.6 Å². The summed E-state index contributed by atoms with van der Waals surface area (Å²) in [6.07, 6.45) is 0.928. The lowest BCUT2D eigenvalue weighted by atomic mass is 10.3. The minimum Gasteiger partial charge on any atom is -0.323 e. The SMILES string of the molecule is CS(=O)(=O)N(CC(=O)Nc1cc(Cl)ccc1Cl)c1cccc(F)c1. The van der Waals surface area contributed by atoms with E-state index in [2.05, 4.69) is 5.32 Å². The zero-order valence-electron chi connectivity index (χ0n) is 12.5. The first-order valence-electron chi connectivity index (χ1n) is 6.65. The van der Waals surface area contributed by atoms with Crippen molar-refractivity contribution in [3.8, 4) is 0 Å². The van der Waals surface area contributed by atoms with Crippen LogP contribution in [-0.2, 0) is 14.8 Å². The molecule has 0 radical (unpaired) electrons. The minimum absolute atomic E-state index is 0.0461. The third kappa shape index (κ3) is 4.83. The summed E-state index contributed by atoms with van der Waals surface area (Å²) >= 11 is 11.8. The molecule has 5 nitrogen and oxygen atoms in total. The van der Waals surface area contributed by atoms with Crippen molar-refractivity contribution in [2.24, 2.45) is 0 Å². The Morgan fingerprint density at radius 1 is 1.21 bits per heavy atom. The number of nitrogens with zero attached hydrogens (tertiary/aromatic N) is 1. The van der Waals surface area contributed by atoms with Gasteiger partial charge in [0.2, 0.25) is 15.9 Å². The Morgan fingerprint density at radius 3 is 2.54 bits per heavy atom. The van der Waals surface area contributed by atoms with Crippen LogP contribution < -0.4 is 9.62 Å². The Kier molecular flexibility index (Phi) is 5.69. The molecule has 0 aliphatic heterocycles. The third-order valence-electron chi connectivity index (χ3n) is 2.99. The number of hydrogen-bond donors (Lipinski definition) is 1. The van der Waals surface area contributed by atoms with Crippen LogP contribution in [0, 0.1) is 5.82 Å². The van der Waals surface area contributed by atoms with Crippen LogP contribution in [0.5, 0.6) is 0 Å². The molecule has 1 amide bonds. The van der Waals surface area contributed by atoms with Crippen LogP contribution >= 0.6 is 23.2 Å². The first kappa shape index (κ1) is 18.5. The number of anilines is 2. The molecule has 0 spiro atoms. The molecule has 0 fully saturated rings. The van der Waals surface area contributed by atoms with Gasteiger partial charge in [-0.1, -0.05) is 29.3 Å². The van der Waals surface area contributed by atoms with Gasteiger partial charge >= 0.3 is 0 Å². The first-order valence-corrected chi connectivity index (χ1v) is 9.25. The van der Waals surface area contributed by atoms with Crippen molar-refractivity contribution in [2.45, 2.75) is 0 Å². The van der Waals surface area contributed by atoms with Gasteiger partial charge < -0.3 is 5.32 Å². The van der Waals surface area contributed by atoms with Crippen molar-refractivity contribution in [3.63, 3.8) is 0 Å². The lowest BCUT2D eigenvalue weighted by Crippen LogP contribution is -2.37. The molecular weight excluding hydrogens is 378 g/mol. The Hall–Kier alpha value is -1.83. The van der Waals surface area contributed by atoms with Crippen molar-refractivity contribution >= 4 is 50.5 Å². The maximum atomic E-state index is 13.3. The van der Waals surface area contributed by atoms with Crippen LogP contribution in [0.3, 0.4) is 0 Å². The summed E-state index contributed by atoms with van der Waals surface area (Å²) in [5.74, 6) is -1.26. The molecule has 0 aromatic heterocycles. The molecular formula is C15H13Cl2FN2O3S. The van der Waals surface area contributed by atoms with E-state index in [0.717, 1.165) is 16.6 Å². The molecule has 0 saturated heterocycles. The zero-order chi connectivity index (χ0) is 17.9. The molecule has 2 aromatic carbocycles. The van der Waals surface area contributed by atoms with E-state index in [1.165, 1.54) is 30.3 Å². The smallest absolute Gasteiger partial charge is 0.245 e. The fourth-order valence-electron chi connectivity index (χ4n) is 1.94. The van der Waals surface area contributed by atoms with E-state index in [1.54, 1.807) is 6.07 Å². The van der Waals surface area contributed by atoms with Gasteiger partial charge in [-0.05, 0) is 36.4 Å². The quantitative estimate of drug-likeness (QED) is 0.848. The maximum absolute atomic E-state index is 13.3. The van der Waals surface area contributed by atoms with Crippen LogP contribution in [0.2, 0.25) is 10.0 Å². The fraction of sp³-hybridized carbons (Fsp3) is 0.133. The molecule has 0 saturated carbocycles. The summed E-state index contributed by atoms with van der Waals surface area (Å²) in [4.78, 5) is 12.2. The van der Waals surface area contributed by atoms with Crippen molar-refractivity contribution < 1.29 is 17.6 Å². The van der Waals surface area contributed by atoms with Gasteiger partial charge in [-0.25, -0.2) is 12.8 Å². The highest BCUT2D eigenvalue weighted by atomic mass is 35.5. The van der Waals surface area contributed by atoms with Crippen molar-refractivity contribution in [2.75, 3.05) is 22.4 Å². The molecule has 0 heterocycles. The van der Waals surface area contributed by atoms with Crippen molar-refractivity contribution in [1.82, 2.24) is 0 Å².